The van der Waals surface area contributed by atoms with E-state index in [9.17, 15) is 8.42 Å². The Morgan fingerprint density at radius 1 is 1.69 bits per heavy atom. The molecular weight excluding hydrogens is 228 g/mol. The molecule has 1 atom stereocenters. The minimum Gasteiger partial charge on any atom is -0.274 e. The smallest absolute Gasteiger partial charge is 0.244 e. The van der Waals surface area contributed by atoms with E-state index in [1.165, 1.54) is 17.1 Å². The van der Waals surface area contributed by atoms with Crippen LogP contribution in [0.3, 0.4) is 0 Å². The average Bonchev–Trinajstić information content (AvgIpc) is 2.64. The van der Waals surface area contributed by atoms with Gasteiger partial charge in [0.1, 0.15) is 10.9 Å². The minimum atomic E-state index is -3.63. The SMILES string of the molecule is CCCC(C#N)NS(=O)(=O)c1cnn(C)c1. The molecule has 0 saturated heterocycles. The lowest BCUT2D eigenvalue weighted by Crippen LogP contribution is -2.33. The Hall–Kier alpha value is -1.39. The summed E-state index contributed by atoms with van der Waals surface area (Å²) in [6.45, 7) is 1.89. The number of nitriles is 1. The number of aryl methyl sites for hydroxylation is 1. The number of sulfonamides is 1. The van der Waals surface area contributed by atoms with E-state index in [0.29, 0.717) is 6.42 Å². The van der Waals surface area contributed by atoms with Crippen LogP contribution in [0, 0.1) is 11.3 Å². The molecule has 16 heavy (non-hydrogen) atoms. The van der Waals surface area contributed by atoms with Gasteiger partial charge in [-0.05, 0) is 6.42 Å². The largest absolute Gasteiger partial charge is 0.274 e. The molecule has 1 heterocycles. The van der Waals surface area contributed by atoms with Crippen LogP contribution in [0.4, 0.5) is 0 Å². The Morgan fingerprint density at radius 3 is 2.81 bits per heavy atom. The second kappa shape index (κ2) is 5.09. The lowest BCUT2D eigenvalue weighted by Gasteiger charge is -2.09. The Labute approximate surface area is 94.9 Å². The fourth-order valence-corrected chi connectivity index (χ4v) is 2.39. The van der Waals surface area contributed by atoms with E-state index in [0.717, 1.165) is 6.42 Å². The van der Waals surface area contributed by atoms with E-state index in [-0.39, 0.29) is 4.90 Å². The van der Waals surface area contributed by atoms with Crippen LogP contribution in [0.15, 0.2) is 17.3 Å². The van der Waals surface area contributed by atoms with Crippen LogP contribution >= 0.6 is 0 Å². The van der Waals surface area contributed by atoms with Crippen molar-refractivity contribution in [2.75, 3.05) is 0 Å². The Morgan fingerprint density at radius 2 is 2.38 bits per heavy atom. The van der Waals surface area contributed by atoms with Gasteiger partial charge in [-0.15, -0.1) is 0 Å². The number of rotatable bonds is 5. The van der Waals surface area contributed by atoms with Gasteiger partial charge in [0.2, 0.25) is 10.0 Å². The van der Waals surface area contributed by atoms with Crippen LogP contribution in [0.5, 0.6) is 0 Å². The highest BCUT2D eigenvalue weighted by Gasteiger charge is 2.20. The van der Waals surface area contributed by atoms with Gasteiger partial charge in [0.25, 0.3) is 0 Å². The molecule has 0 saturated carbocycles. The van der Waals surface area contributed by atoms with Gasteiger partial charge >= 0.3 is 0 Å². The first-order valence-corrected chi connectivity index (χ1v) is 6.38. The molecule has 1 aromatic rings. The molecule has 0 radical (unpaired) electrons. The Bertz CT molecular complexity index is 486. The van der Waals surface area contributed by atoms with Gasteiger partial charge in [0.05, 0.1) is 12.3 Å². The maximum atomic E-state index is 11.8. The third-order valence-electron chi connectivity index (χ3n) is 2.02. The normalized spacial score (nSPS) is 13.3. The average molecular weight is 242 g/mol. The maximum absolute atomic E-state index is 11.8. The van der Waals surface area contributed by atoms with Crippen molar-refractivity contribution in [3.63, 3.8) is 0 Å². The molecule has 1 unspecified atom stereocenters. The molecule has 88 valence electrons. The predicted molar refractivity (Wildman–Crippen MR) is 57.8 cm³/mol. The van der Waals surface area contributed by atoms with Gasteiger partial charge in [-0.2, -0.15) is 15.1 Å². The van der Waals surface area contributed by atoms with Crippen LogP contribution in [-0.4, -0.2) is 24.2 Å². The molecule has 0 aromatic carbocycles. The lowest BCUT2D eigenvalue weighted by molar-refractivity contribution is 0.563. The summed E-state index contributed by atoms with van der Waals surface area (Å²) in [5.41, 5.74) is 0. The van der Waals surface area contributed by atoms with Gasteiger partial charge in [0, 0.05) is 13.2 Å². The maximum Gasteiger partial charge on any atom is 0.244 e. The number of nitrogens with zero attached hydrogens (tertiary/aromatic N) is 3. The van der Waals surface area contributed by atoms with Gasteiger partial charge in [-0.1, -0.05) is 13.3 Å². The van der Waals surface area contributed by atoms with E-state index in [4.69, 9.17) is 5.26 Å². The second-order valence-electron chi connectivity index (χ2n) is 3.44. The van der Waals surface area contributed by atoms with Crippen LogP contribution in [0.1, 0.15) is 19.8 Å². The number of hydrogen-bond acceptors (Lipinski definition) is 4. The number of aromatic nitrogens is 2. The van der Waals surface area contributed by atoms with E-state index < -0.39 is 16.1 Å². The summed E-state index contributed by atoms with van der Waals surface area (Å²) in [6.07, 6.45) is 3.88. The van der Waals surface area contributed by atoms with Crippen LogP contribution < -0.4 is 4.72 Å². The highest BCUT2D eigenvalue weighted by molar-refractivity contribution is 7.89. The molecule has 7 heteroatoms. The standard InChI is InChI=1S/C9H14N4O2S/c1-3-4-8(5-10)12-16(14,15)9-6-11-13(2)7-9/h6-8,12H,3-4H2,1-2H3. The summed E-state index contributed by atoms with van der Waals surface area (Å²) in [4.78, 5) is 0.0753. The fourth-order valence-electron chi connectivity index (χ4n) is 1.23. The van der Waals surface area contributed by atoms with Crippen LogP contribution in [-0.2, 0) is 17.1 Å². The van der Waals surface area contributed by atoms with Crippen LogP contribution in [0.25, 0.3) is 0 Å². The quantitative estimate of drug-likeness (QED) is 0.809. The molecule has 1 N–H and O–H groups in total. The zero-order valence-corrected chi connectivity index (χ0v) is 10.0. The third-order valence-corrected chi connectivity index (χ3v) is 3.45. The van der Waals surface area contributed by atoms with Gasteiger partial charge in [-0.3, -0.25) is 4.68 Å². The first-order chi connectivity index (χ1) is 7.49. The van der Waals surface area contributed by atoms with E-state index in [1.54, 1.807) is 7.05 Å². The summed E-state index contributed by atoms with van der Waals surface area (Å²) >= 11 is 0. The third kappa shape index (κ3) is 3.05. The van der Waals surface area contributed by atoms with Crippen molar-refractivity contribution in [1.82, 2.24) is 14.5 Å². The van der Waals surface area contributed by atoms with Crippen molar-refractivity contribution in [3.05, 3.63) is 12.4 Å². The van der Waals surface area contributed by atoms with Crippen molar-refractivity contribution in [1.29, 1.82) is 5.26 Å². The minimum absolute atomic E-state index is 0.0753. The van der Waals surface area contributed by atoms with Crippen molar-refractivity contribution in [2.45, 2.75) is 30.7 Å². The molecule has 1 rings (SSSR count). The Kier molecular flexibility index (Phi) is 4.04. The first-order valence-electron chi connectivity index (χ1n) is 4.90. The molecular formula is C9H14N4O2S. The molecule has 0 aliphatic rings. The molecule has 1 aromatic heterocycles. The van der Waals surface area contributed by atoms with Crippen molar-refractivity contribution >= 4 is 10.0 Å². The number of hydrogen-bond donors (Lipinski definition) is 1. The zero-order valence-electron chi connectivity index (χ0n) is 9.21. The highest BCUT2D eigenvalue weighted by atomic mass is 32.2. The molecule has 0 amide bonds. The fraction of sp³-hybridized carbons (Fsp3) is 0.556. The van der Waals surface area contributed by atoms with Crippen molar-refractivity contribution in [2.24, 2.45) is 7.05 Å². The van der Waals surface area contributed by atoms with E-state index in [2.05, 4.69) is 9.82 Å². The van der Waals surface area contributed by atoms with Gasteiger partial charge < -0.3 is 0 Å². The molecule has 0 fully saturated rings. The summed E-state index contributed by atoms with van der Waals surface area (Å²) < 4.78 is 27.3. The second-order valence-corrected chi connectivity index (χ2v) is 5.16. The van der Waals surface area contributed by atoms with Crippen molar-refractivity contribution < 1.29 is 8.42 Å². The molecule has 0 aliphatic heterocycles. The lowest BCUT2D eigenvalue weighted by atomic mass is 10.2. The molecule has 0 spiro atoms. The summed E-state index contributed by atoms with van der Waals surface area (Å²) in [5.74, 6) is 0. The predicted octanol–water partition coefficient (Wildman–Crippen LogP) is 0.391. The topological polar surface area (TPSA) is 87.8 Å². The first kappa shape index (κ1) is 12.7. The van der Waals surface area contributed by atoms with Gasteiger partial charge in [0.15, 0.2) is 0 Å². The van der Waals surface area contributed by atoms with E-state index in [1.807, 2.05) is 13.0 Å². The molecule has 0 bridgehead atoms. The van der Waals surface area contributed by atoms with E-state index >= 15 is 0 Å². The van der Waals surface area contributed by atoms with Crippen LogP contribution in [0.2, 0.25) is 0 Å². The molecule has 0 aliphatic carbocycles. The van der Waals surface area contributed by atoms with Crippen molar-refractivity contribution in [3.8, 4) is 6.07 Å². The summed E-state index contributed by atoms with van der Waals surface area (Å²) in [7, 11) is -2.00. The summed E-state index contributed by atoms with van der Waals surface area (Å²) in [5, 5.41) is 12.6. The summed E-state index contributed by atoms with van der Waals surface area (Å²) in [6, 6.07) is 1.23. The zero-order chi connectivity index (χ0) is 12.2. The molecule has 6 nitrogen and oxygen atoms in total. The number of nitrogens with one attached hydrogen (secondary N) is 1. The monoisotopic (exact) mass is 242 g/mol. The van der Waals surface area contributed by atoms with Gasteiger partial charge in [-0.25, -0.2) is 8.42 Å². The highest BCUT2D eigenvalue weighted by Crippen LogP contribution is 2.08. The Balaban J connectivity index is 2.84.